The van der Waals surface area contributed by atoms with Crippen LogP contribution >= 0.6 is 0 Å². The van der Waals surface area contributed by atoms with Gasteiger partial charge in [-0.15, -0.1) is 0 Å². The Bertz CT molecular complexity index is 332. The molecule has 0 aliphatic carbocycles. The smallest absolute Gasteiger partial charge is 0.126 e. The highest BCUT2D eigenvalue weighted by Gasteiger charge is 2.16. The highest BCUT2D eigenvalue weighted by molar-refractivity contribution is 5.16. The van der Waals surface area contributed by atoms with Crippen molar-refractivity contribution < 1.29 is 15.2 Å². The second-order valence-corrected chi connectivity index (χ2v) is 5.75. The fourth-order valence-electron chi connectivity index (χ4n) is 1.67. The number of rotatable bonds is 6. The minimum Gasteiger partial charge on any atom is -0.385 e. The minimum atomic E-state index is -0.421. The summed E-state index contributed by atoms with van der Waals surface area (Å²) in [6, 6.07) is 10.7. The molecule has 0 bridgehead atoms. The summed E-state index contributed by atoms with van der Waals surface area (Å²) in [5.74, 6) is 0. The lowest BCUT2D eigenvalue weighted by atomic mass is 10.1. The van der Waals surface area contributed by atoms with Gasteiger partial charge < -0.3 is 15.2 Å². The first-order valence-corrected chi connectivity index (χ1v) is 6.59. The van der Waals surface area contributed by atoms with Crippen molar-refractivity contribution in [3.63, 3.8) is 0 Å². The Morgan fingerprint density at radius 3 is 2.39 bits per heavy atom. The van der Waals surface area contributed by atoms with Crippen molar-refractivity contribution in [3.8, 4) is 0 Å². The molecule has 3 heteroatoms. The van der Waals surface area contributed by atoms with E-state index in [9.17, 15) is 5.11 Å². The maximum absolute atomic E-state index is 9.85. The largest absolute Gasteiger partial charge is 0.385 e. The molecule has 102 valence electrons. The molecule has 0 saturated heterocycles. The maximum Gasteiger partial charge on any atom is 0.126 e. The monoisotopic (exact) mass is 252 g/mol. The van der Waals surface area contributed by atoms with Crippen LogP contribution in [-0.4, -0.2) is 30.0 Å². The normalized spacial score (nSPS) is 15.4. The van der Waals surface area contributed by atoms with Gasteiger partial charge in [0.05, 0.1) is 12.2 Å². The van der Waals surface area contributed by atoms with E-state index in [-0.39, 0.29) is 5.60 Å². The number of nitrogens with two attached hydrogens (primary N) is 1. The highest BCUT2D eigenvalue weighted by Crippen LogP contribution is 2.08. The molecule has 0 aliphatic heterocycles. The third kappa shape index (κ3) is 6.15. The van der Waals surface area contributed by atoms with Crippen LogP contribution in [-0.2, 0) is 4.74 Å². The van der Waals surface area contributed by atoms with Gasteiger partial charge in [-0.2, -0.15) is 0 Å². The average molecular weight is 252 g/mol. The molecule has 0 unspecified atom stereocenters. The molecule has 1 rings (SSSR count). The van der Waals surface area contributed by atoms with Crippen molar-refractivity contribution >= 4 is 0 Å². The number of aliphatic hydroxyl groups is 1. The van der Waals surface area contributed by atoms with E-state index >= 15 is 0 Å². The summed E-state index contributed by atoms with van der Waals surface area (Å²) in [5.41, 5.74) is 1.09. The summed E-state index contributed by atoms with van der Waals surface area (Å²) in [4.78, 5) is 0. The number of hydrogen-bond acceptors (Lipinski definition) is 2. The molecule has 3 N–H and O–H groups in total. The van der Waals surface area contributed by atoms with Gasteiger partial charge in [0.1, 0.15) is 18.7 Å². The van der Waals surface area contributed by atoms with Crippen LogP contribution < -0.4 is 5.32 Å². The molecule has 3 nitrogen and oxygen atoms in total. The van der Waals surface area contributed by atoms with E-state index in [0.29, 0.717) is 19.2 Å². The number of benzene rings is 1. The zero-order valence-electron chi connectivity index (χ0n) is 11.9. The molecule has 18 heavy (non-hydrogen) atoms. The Kier molecular flexibility index (Phi) is 5.79. The molecule has 1 aromatic carbocycles. The average Bonchev–Trinajstić information content (AvgIpc) is 2.33. The van der Waals surface area contributed by atoms with Crippen molar-refractivity contribution in [2.45, 2.75) is 45.4 Å². The van der Waals surface area contributed by atoms with Gasteiger partial charge in [-0.05, 0) is 27.7 Å². The molecule has 0 aliphatic rings. The first-order valence-electron chi connectivity index (χ1n) is 6.59. The van der Waals surface area contributed by atoms with Gasteiger partial charge >= 0.3 is 0 Å². The van der Waals surface area contributed by atoms with Crippen LogP contribution in [0.5, 0.6) is 0 Å². The van der Waals surface area contributed by atoms with E-state index in [1.54, 1.807) is 0 Å². The lowest BCUT2D eigenvalue weighted by Gasteiger charge is -2.22. The fourth-order valence-corrected chi connectivity index (χ4v) is 1.67. The molecule has 0 spiro atoms. The van der Waals surface area contributed by atoms with Gasteiger partial charge in [0.25, 0.3) is 0 Å². The van der Waals surface area contributed by atoms with E-state index in [4.69, 9.17) is 4.74 Å². The van der Waals surface area contributed by atoms with Crippen LogP contribution in [0.25, 0.3) is 0 Å². The molecule has 2 atom stereocenters. The lowest BCUT2D eigenvalue weighted by molar-refractivity contribution is -0.698. The third-order valence-electron chi connectivity index (χ3n) is 2.80. The maximum atomic E-state index is 9.85. The van der Waals surface area contributed by atoms with Crippen molar-refractivity contribution in [1.82, 2.24) is 0 Å². The van der Waals surface area contributed by atoms with Crippen LogP contribution in [0, 0.1) is 0 Å². The molecule has 0 saturated carbocycles. The van der Waals surface area contributed by atoms with Crippen molar-refractivity contribution in [3.05, 3.63) is 35.9 Å². The quantitative estimate of drug-likeness (QED) is 0.805. The Labute approximate surface area is 110 Å². The van der Waals surface area contributed by atoms with E-state index in [2.05, 4.69) is 24.4 Å². The molecular formula is C15H26NO2+. The van der Waals surface area contributed by atoms with Crippen LogP contribution in [0.1, 0.15) is 39.3 Å². The molecule has 0 amide bonds. The zero-order valence-corrected chi connectivity index (χ0v) is 11.9. The number of hydrogen-bond donors (Lipinski definition) is 2. The summed E-state index contributed by atoms with van der Waals surface area (Å²) in [7, 11) is 0. The van der Waals surface area contributed by atoms with Crippen LogP contribution in [0.2, 0.25) is 0 Å². The van der Waals surface area contributed by atoms with E-state index < -0.39 is 6.10 Å². The van der Waals surface area contributed by atoms with Gasteiger partial charge in [-0.25, -0.2) is 0 Å². The molecular weight excluding hydrogens is 226 g/mol. The van der Waals surface area contributed by atoms with Crippen molar-refractivity contribution in [2.24, 2.45) is 0 Å². The zero-order chi connectivity index (χ0) is 13.6. The molecule has 0 radical (unpaired) electrons. The number of ether oxygens (including phenoxy) is 1. The standard InChI is InChI=1S/C15H25NO2/c1-12(13-8-6-5-7-9-13)16-10-14(17)11-18-15(2,3)4/h5-9,12,14,16-17H,10-11H2,1-4H3/p+1/t12-,14+/m1/s1. The predicted molar refractivity (Wildman–Crippen MR) is 73.4 cm³/mol. The summed E-state index contributed by atoms with van der Waals surface area (Å²) in [6.45, 7) is 9.18. The Morgan fingerprint density at radius 2 is 1.83 bits per heavy atom. The van der Waals surface area contributed by atoms with Gasteiger partial charge in [0, 0.05) is 5.56 Å². The number of quaternary nitrogens is 1. The topological polar surface area (TPSA) is 46.1 Å². The minimum absolute atomic E-state index is 0.188. The van der Waals surface area contributed by atoms with Gasteiger partial charge in [0.2, 0.25) is 0 Å². The second-order valence-electron chi connectivity index (χ2n) is 5.75. The van der Waals surface area contributed by atoms with Gasteiger partial charge in [-0.3, -0.25) is 0 Å². The first kappa shape index (κ1) is 15.2. The Hall–Kier alpha value is -0.900. The first-order chi connectivity index (χ1) is 8.38. The van der Waals surface area contributed by atoms with E-state index in [1.807, 2.05) is 39.0 Å². The molecule has 0 fully saturated rings. The summed E-state index contributed by atoms with van der Waals surface area (Å²) < 4.78 is 5.56. The molecule has 0 heterocycles. The highest BCUT2D eigenvalue weighted by atomic mass is 16.5. The molecule has 1 aromatic rings. The van der Waals surface area contributed by atoms with Crippen LogP contribution in [0.3, 0.4) is 0 Å². The summed E-state index contributed by atoms with van der Waals surface area (Å²) >= 11 is 0. The van der Waals surface area contributed by atoms with E-state index in [1.165, 1.54) is 5.56 Å². The fraction of sp³-hybridized carbons (Fsp3) is 0.600. The molecule has 0 aromatic heterocycles. The van der Waals surface area contributed by atoms with Crippen molar-refractivity contribution in [1.29, 1.82) is 0 Å². The van der Waals surface area contributed by atoms with Gasteiger partial charge in [0.15, 0.2) is 0 Å². The third-order valence-corrected chi connectivity index (χ3v) is 2.80. The lowest BCUT2D eigenvalue weighted by Crippen LogP contribution is -2.87. The predicted octanol–water partition coefficient (Wildman–Crippen LogP) is 1.49. The second kappa shape index (κ2) is 6.88. The van der Waals surface area contributed by atoms with Crippen molar-refractivity contribution in [2.75, 3.05) is 13.2 Å². The van der Waals surface area contributed by atoms with E-state index in [0.717, 1.165) is 0 Å². The Morgan fingerprint density at radius 1 is 1.22 bits per heavy atom. The van der Waals surface area contributed by atoms with Gasteiger partial charge in [-0.1, -0.05) is 30.3 Å². The Balaban J connectivity index is 2.28. The van der Waals surface area contributed by atoms with Crippen LogP contribution in [0.15, 0.2) is 30.3 Å². The van der Waals surface area contributed by atoms with Crippen LogP contribution in [0.4, 0.5) is 0 Å². The SMILES string of the molecule is C[C@@H]([NH2+]C[C@H](O)COC(C)(C)C)c1ccccc1. The summed E-state index contributed by atoms with van der Waals surface area (Å²) in [5, 5.41) is 12.0. The summed E-state index contributed by atoms with van der Waals surface area (Å²) in [6.07, 6.45) is -0.421. The number of aliphatic hydroxyl groups excluding tert-OH is 1.